The van der Waals surface area contributed by atoms with E-state index >= 15 is 0 Å². The van der Waals surface area contributed by atoms with E-state index in [1.54, 1.807) is 6.92 Å². The number of aliphatic carboxylic acids is 1. The summed E-state index contributed by atoms with van der Waals surface area (Å²) in [5.74, 6) is -4.05. The van der Waals surface area contributed by atoms with Crippen LogP contribution in [0, 0.1) is 11.8 Å². The van der Waals surface area contributed by atoms with Crippen molar-refractivity contribution in [2.24, 2.45) is 11.8 Å². The van der Waals surface area contributed by atoms with Crippen LogP contribution in [0.1, 0.15) is 13.3 Å². The Morgan fingerprint density at radius 2 is 2.24 bits per heavy atom. The molecule has 2 N–H and O–H groups in total. The van der Waals surface area contributed by atoms with E-state index in [1.165, 1.54) is 0 Å². The van der Waals surface area contributed by atoms with Gasteiger partial charge in [-0.3, -0.25) is 4.79 Å². The van der Waals surface area contributed by atoms with E-state index in [0.717, 1.165) is 6.42 Å². The van der Waals surface area contributed by atoms with Gasteiger partial charge in [0.1, 0.15) is 0 Å². The highest BCUT2D eigenvalue weighted by molar-refractivity contribution is 5.71. The first-order chi connectivity index (χ1) is 7.82. The van der Waals surface area contributed by atoms with Crippen molar-refractivity contribution >= 4 is 5.97 Å². The van der Waals surface area contributed by atoms with E-state index in [9.17, 15) is 18.0 Å². The minimum absolute atomic E-state index is 0.151. The van der Waals surface area contributed by atoms with Crippen molar-refractivity contribution in [2.75, 3.05) is 19.8 Å². The summed E-state index contributed by atoms with van der Waals surface area (Å²) in [6.45, 7) is 2.27. The average molecular weight is 255 g/mol. The van der Waals surface area contributed by atoms with Gasteiger partial charge in [-0.1, -0.05) is 0 Å². The van der Waals surface area contributed by atoms with Gasteiger partial charge < -0.3 is 15.2 Å². The smallest absolute Gasteiger partial charge is 0.403 e. The Kier molecular flexibility index (Phi) is 4.76. The van der Waals surface area contributed by atoms with E-state index in [4.69, 9.17) is 9.84 Å². The van der Waals surface area contributed by atoms with E-state index in [0.29, 0.717) is 13.2 Å². The van der Waals surface area contributed by atoms with Crippen molar-refractivity contribution in [1.29, 1.82) is 0 Å². The van der Waals surface area contributed by atoms with Crippen LogP contribution in [0.4, 0.5) is 13.2 Å². The van der Waals surface area contributed by atoms with Gasteiger partial charge in [0.05, 0.1) is 6.61 Å². The minimum Gasteiger partial charge on any atom is -0.481 e. The fraction of sp³-hybridized carbons (Fsp3) is 0.900. The van der Waals surface area contributed by atoms with E-state index in [2.05, 4.69) is 5.32 Å². The molecular weight excluding hydrogens is 239 g/mol. The Balaban J connectivity index is 2.43. The number of rotatable bonds is 5. The van der Waals surface area contributed by atoms with Crippen molar-refractivity contribution in [3.05, 3.63) is 0 Å². The quantitative estimate of drug-likeness (QED) is 0.776. The second-order valence-electron chi connectivity index (χ2n) is 4.25. The monoisotopic (exact) mass is 255 g/mol. The summed E-state index contributed by atoms with van der Waals surface area (Å²) < 4.78 is 42.2. The van der Waals surface area contributed by atoms with Crippen LogP contribution in [-0.4, -0.2) is 43.1 Å². The lowest BCUT2D eigenvalue weighted by molar-refractivity contribution is -0.192. The molecule has 1 saturated heterocycles. The predicted molar refractivity (Wildman–Crippen MR) is 53.6 cm³/mol. The second kappa shape index (κ2) is 5.68. The maximum atomic E-state index is 12.4. The summed E-state index contributed by atoms with van der Waals surface area (Å²) in [6, 6.07) is -0.179. The summed E-state index contributed by atoms with van der Waals surface area (Å²) in [7, 11) is 0. The molecular formula is C10H16F3NO3. The van der Waals surface area contributed by atoms with E-state index < -0.39 is 24.6 Å². The summed E-state index contributed by atoms with van der Waals surface area (Å²) in [6.07, 6.45) is -3.93. The number of halogens is 3. The van der Waals surface area contributed by atoms with Crippen LogP contribution in [0.15, 0.2) is 0 Å². The van der Waals surface area contributed by atoms with Crippen LogP contribution in [-0.2, 0) is 9.53 Å². The van der Waals surface area contributed by atoms with Crippen LogP contribution in [0.2, 0.25) is 0 Å². The topological polar surface area (TPSA) is 58.6 Å². The molecule has 3 unspecified atom stereocenters. The summed E-state index contributed by atoms with van der Waals surface area (Å²) in [5, 5.41) is 11.1. The lowest BCUT2D eigenvalue weighted by atomic mass is 10.00. The molecule has 0 spiro atoms. The van der Waals surface area contributed by atoms with Crippen molar-refractivity contribution in [2.45, 2.75) is 25.6 Å². The van der Waals surface area contributed by atoms with Crippen LogP contribution in [0.5, 0.6) is 0 Å². The van der Waals surface area contributed by atoms with Crippen LogP contribution < -0.4 is 5.32 Å². The van der Waals surface area contributed by atoms with Gasteiger partial charge in [0.2, 0.25) is 0 Å². The molecule has 3 atom stereocenters. The zero-order chi connectivity index (χ0) is 13.1. The van der Waals surface area contributed by atoms with Gasteiger partial charge in [-0.15, -0.1) is 0 Å². The molecule has 1 rings (SSSR count). The molecule has 0 radical (unpaired) electrons. The maximum Gasteiger partial charge on any atom is 0.403 e. The number of alkyl halides is 3. The molecule has 1 aliphatic rings. The molecule has 1 heterocycles. The number of hydrogen-bond acceptors (Lipinski definition) is 3. The third-order valence-electron chi connectivity index (χ3n) is 3.01. The molecule has 7 heteroatoms. The van der Waals surface area contributed by atoms with Gasteiger partial charge >= 0.3 is 12.1 Å². The Bertz CT molecular complexity index is 264. The SMILES string of the molecule is CC(NCC(C(=O)O)C(F)(F)F)C1CCOC1. The van der Waals surface area contributed by atoms with E-state index in [-0.39, 0.29) is 12.0 Å². The number of carbonyl (C=O) groups is 1. The molecule has 0 saturated carbocycles. The molecule has 0 amide bonds. The summed E-state index contributed by atoms with van der Waals surface area (Å²) in [5.41, 5.74) is 0. The Morgan fingerprint density at radius 3 is 2.65 bits per heavy atom. The molecule has 1 aliphatic heterocycles. The summed E-state index contributed by atoms with van der Waals surface area (Å²) >= 11 is 0. The number of ether oxygens (including phenoxy) is 1. The highest BCUT2D eigenvalue weighted by Gasteiger charge is 2.45. The minimum atomic E-state index is -4.72. The number of carboxylic acids is 1. The highest BCUT2D eigenvalue weighted by Crippen LogP contribution is 2.26. The molecule has 0 aromatic heterocycles. The molecule has 0 aromatic carbocycles. The van der Waals surface area contributed by atoms with Crippen LogP contribution >= 0.6 is 0 Å². The number of hydrogen-bond donors (Lipinski definition) is 2. The zero-order valence-electron chi connectivity index (χ0n) is 9.46. The van der Waals surface area contributed by atoms with Gasteiger partial charge in [-0.2, -0.15) is 13.2 Å². The van der Waals surface area contributed by atoms with Crippen molar-refractivity contribution < 1.29 is 27.8 Å². The second-order valence-corrected chi connectivity index (χ2v) is 4.25. The Hall–Kier alpha value is -0.820. The first kappa shape index (κ1) is 14.2. The molecule has 1 fully saturated rings. The molecule has 4 nitrogen and oxygen atoms in total. The predicted octanol–water partition coefficient (Wildman–Crippen LogP) is 1.26. The standard InChI is InChI=1S/C10H16F3NO3/c1-6(7-2-3-17-5-7)14-4-8(9(15)16)10(11,12)13/h6-8,14H,2-5H2,1H3,(H,15,16). The van der Waals surface area contributed by atoms with Gasteiger partial charge in [0.15, 0.2) is 5.92 Å². The molecule has 0 aromatic rings. The average Bonchev–Trinajstić information content (AvgIpc) is 2.67. The summed E-state index contributed by atoms with van der Waals surface area (Å²) in [4.78, 5) is 10.5. The first-order valence-electron chi connectivity index (χ1n) is 5.43. The van der Waals surface area contributed by atoms with Crippen molar-refractivity contribution in [3.63, 3.8) is 0 Å². The molecule has 0 bridgehead atoms. The third kappa shape index (κ3) is 4.16. The molecule has 17 heavy (non-hydrogen) atoms. The van der Waals surface area contributed by atoms with Gasteiger partial charge in [-0.05, 0) is 19.3 Å². The number of carboxylic acid groups (broad SMARTS) is 1. The normalized spacial score (nSPS) is 24.6. The first-order valence-corrected chi connectivity index (χ1v) is 5.43. The van der Waals surface area contributed by atoms with Crippen LogP contribution in [0.25, 0.3) is 0 Å². The number of nitrogens with one attached hydrogen (secondary N) is 1. The van der Waals surface area contributed by atoms with E-state index in [1.807, 2.05) is 0 Å². The third-order valence-corrected chi connectivity index (χ3v) is 3.01. The van der Waals surface area contributed by atoms with Gasteiger partial charge in [-0.25, -0.2) is 0 Å². The van der Waals surface area contributed by atoms with Gasteiger partial charge in [0, 0.05) is 19.2 Å². The molecule has 100 valence electrons. The largest absolute Gasteiger partial charge is 0.481 e. The van der Waals surface area contributed by atoms with Crippen molar-refractivity contribution in [1.82, 2.24) is 5.32 Å². The highest BCUT2D eigenvalue weighted by atomic mass is 19.4. The lowest BCUT2D eigenvalue weighted by Crippen LogP contribution is -2.44. The molecule has 0 aliphatic carbocycles. The van der Waals surface area contributed by atoms with Gasteiger partial charge in [0.25, 0.3) is 0 Å². The fourth-order valence-electron chi connectivity index (χ4n) is 1.76. The Morgan fingerprint density at radius 1 is 1.59 bits per heavy atom. The van der Waals surface area contributed by atoms with Crippen LogP contribution in [0.3, 0.4) is 0 Å². The van der Waals surface area contributed by atoms with Crippen molar-refractivity contribution in [3.8, 4) is 0 Å². The fourth-order valence-corrected chi connectivity index (χ4v) is 1.76. The zero-order valence-corrected chi connectivity index (χ0v) is 9.46. The Labute approximate surface area is 97.1 Å². The maximum absolute atomic E-state index is 12.4. The lowest BCUT2D eigenvalue weighted by Gasteiger charge is -2.23.